The number of ether oxygens (including phenoxy) is 1. The first-order valence-electron chi connectivity index (χ1n) is 8.10. The Morgan fingerprint density at radius 2 is 2.14 bits per heavy atom. The van der Waals surface area contributed by atoms with E-state index in [1.165, 1.54) is 35.6 Å². The Hall–Kier alpha value is -2.75. The lowest BCUT2D eigenvalue weighted by atomic mass is 10.2. The van der Waals surface area contributed by atoms with Crippen LogP contribution >= 0.6 is 38.9 Å². The van der Waals surface area contributed by atoms with Crippen LogP contribution in [0.3, 0.4) is 0 Å². The maximum atomic E-state index is 12.1. The van der Waals surface area contributed by atoms with Crippen LogP contribution in [0.15, 0.2) is 52.3 Å². The second-order valence-electron chi connectivity index (χ2n) is 5.68. The lowest BCUT2D eigenvalue weighted by molar-refractivity contribution is -0.384. The predicted octanol–water partition coefficient (Wildman–Crippen LogP) is 5.79. The molecule has 0 radical (unpaired) electrons. The zero-order valence-electron chi connectivity index (χ0n) is 14.9. The quantitative estimate of drug-likeness (QED) is 0.266. The third kappa shape index (κ3) is 5.20. The second-order valence-corrected chi connectivity index (χ2v) is 7.80. The van der Waals surface area contributed by atoms with Gasteiger partial charge in [-0.25, -0.2) is 4.98 Å². The number of nitro groups is 1. The number of hydrogen-bond acceptors (Lipinski definition) is 6. The summed E-state index contributed by atoms with van der Waals surface area (Å²) in [5.41, 5.74) is 1.85. The van der Waals surface area contributed by atoms with Gasteiger partial charge in [-0.05, 0) is 51.8 Å². The molecule has 10 heteroatoms. The fourth-order valence-electron chi connectivity index (χ4n) is 2.38. The number of amides is 1. The molecule has 0 saturated carbocycles. The molecule has 0 bridgehead atoms. The zero-order chi connectivity index (χ0) is 21.0. The minimum absolute atomic E-state index is 0.0390. The Morgan fingerprint density at radius 3 is 2.83 bits per heavy atom. The normalized spacial score (nSPS) is 10.9. The van der Waals surface area contributed by atoms with Crippen LogP contribution in [0, 0.1) is 10.1 Å². The number of nitrogens with one attached hydrogen (secondary N) is 1. The number of nitrogens with zero attached hydrogens (tertiary/aromatic N) is 2. The minimum atomic E-state index is -0.575. The van der Waals surface area contributed by atoms with Gasteiger partial charge in [-0.3, -0.25) is 20.2 Å². The van der Waals surface area contributed by atoms with Gasteiger partial charge in [0.2, 0.25) is 5.91 Å². The summed E-state index contributed by atoms with van der Waals surface area (Å²) in [4.78, 5) is 26.9. The summed E-state index contributed by atoms with van der Waals surface area (Å²) in [5.74, 6) is 0.310. The number of aromatic nitrogens is 1. The summed E-state index contributed by atoms with van der Waals surface area (Å²) in [6.07, 6.45) is 2.74. The van der Waals surface area contributed by atoms with Crippen LogP contribution in [0.2, 0.25) is 5.02 Å². The number of carbonyl (C=O) groups is 1. The fraction of sp³-hybridized carbons (Fsp3) is 0.0526. The Kier molecular flexibility index (Phi) is 6.63. The average molecular weight is 495 g/mol. The molecule has 0 spiro atoms. The summed E-state index contributed by atoms with van der Waals surface area (Å²) >= 11 is 10.5. The number of methoxy groups -OCH3 is 1. The van der Waals surface area contributed by atoms with Gasteiger partial charge in [-0.2, -0.15) is 0 Å². The molecule has 0 atom stereocenters. The largest absolute Gasteiger partial charge is 0.496 e. The molecule has 1 aromatic heterocycles. The summed E-state index contributed by atoms with van der Waals surface area (Å²) in [7, 11) is 1.59. The van der Waals surface area contributed by atoms with E-state index >= 15 is 0 Å². The number of carbonyl (C=O) groups excluding carboxylic acids is 1. The molecule has 3 aromatic rings. The van der Waals surface area contributed by atoms with Gasteiger partial charge in [-0.15, -0.1) is 11.3 Å². The molecule has 1 heterocycles. The monoisotopic (exact) mass is 493 g/mol. The lowest BCUT2D eigenvalue weighted by Crippen LogP contribution is -2.07. The van der Waals surface area contributed by atoms with E-state index in [0.717, 1.165) is 10.0 Å². The highest BCUT2D eigenvalue weighted by Gasteiger charge is 2.12. The van der Waals surface area contributed by atoms with E-state index in [0.29, 0.717) is 22.1 Å². The van der Waals surface area contributed by atoms with Crippen LogP contribution < -0.4 is 10.1 Å². The highest BCUT2D eigenvalue weighted by Crippen LogP contribution is 2.32. The van der Waals surface area contributed by atoms with Crippen molar-refractivity contribution in [3.8, 4) is 17.0 Å². The number of rotatable bonds is 6. The fourth-order valence-corrected chi connectivity index (χ4v) is 3.83. The van der Waals surface area contributed by atoms with Crippen molar-refractivity contribution in [3.05, 3.63) is 73.0 Å². The van der Waals surface area contributed by atoms with Gasteiger partial charge in [0, 0.05) is 23.1 Å². The summed E-state index contributed by atoms with van der Waals surface area (Å²) in [6, 6.07) is 9.88. The van der Waals surface area contributed by atoms with Crippen molar-refractivity contribution in [1.29, 1.82) is 0 Å². The number of halogens is 2. The molecule has 3 rings (SSSR count). The van der Waals surface area contributed by atoms with Gasteiger partial charge in [0.15, 0.2) is 5.13 Å². The van der Waals surface area contributed by atoms with Gasteiger partial charge >= 0.3 is 0 Å². The molecule has 0 aliphatic heterocycles. The van der Waals surface area contributed by atoms with Crippen molar-refractivity contribution in [2.24, 2.45) is 0 Å². The number of nitro benzene ring substituents is 1. The van der Waals surface area contributed by atoms with E-state index in [4.69, 9.17) is 16.3 Å². The smallest absolute Gasteiger partial charge is 0.288 e. The summed E-state index contributed by atoms with van der Waals surface area (Å²) in [6.45, 7) is 0. The topological polar surface area (TPSA) is 94.4 Å². The molecule has 7 nitrogen and oxygen atoms in total. The Morgan fingerprint density at radius 1 is 1.34 bits per heavy atom. The van der Waals surface area contributed by atoms with Gasteiger partial charge in [0.1, 0.15) is 10.8 Å². The van der Waals surface area contributed by atoms with E-state index < -0.39 is 10.8 Å². The first kappa shape index (κ1) is 21.0. The van der Waals surface area contributed by atoms with Crippen LogP contribution in [0.5, 0.6) is 5.75 Å². The molecule has 0 saturated heterocycles. The van der Waals surface area contributed by atoms with Crippen molar-refractivity contribution < 1.29 is 14.5 Å². The van der Waals surface area contributed by atoms with Crippen molar-refractivity contribution in [1.82, 2.24) is 4.98 Å². The van der Waals surface area contributed by atoms with Gasteiger partial charge < -0.3 is 4.74 Å². The van der Waals surface area contributed by atoms with Crippen molar-refractivity contribution in [2.75, 3.05) is 12.4 Å². The molecule has 1 N–H and O–H groups in total. The molecule has 1 amide bonds. The van der Waals surface area contributed by atoms with Gasteiger partial charge in [0.25, 0.3) is 5.69 Å². The molecular formula is C19H13BrClN3O4S. The van der Waals surface area contributed by atoms with Gasteiger partial charge in [0.05, 0.1) is 22.2 Å². The van der Waals surface area contributed by atoms with Crippen molar-refractivity contribution >= 4 is 61.7 Å². The van der Waals surface area contributed by atoms with Crippen LogP contribution in [0.4, 0.5) is 10.8 Å². The summed E-state index contributed by atoms with van der Waals surface area (Å²) < 4.78 is 6.01. The van der Waals surface area contributed by atoms with Crippen molar-refractivity contribution in [2.45, 2.75) is 0 Å². The number of thiazole rings is 1. The first-order valence-corrected chi connectivity index (χ1v) is 10.1. The third-order valence-electron chi connectivity index (χ3n) is 3.78. The standard InChI is InChI=1S/C19H13BrClN3O4S/c1-28-17-6-4-12(9-13(17)20)15-10-29-19(22-15)23-18(25)7-3-11-2-5-14(21)16(8-11)24(26)27/h2-10H,1H3,(H,22,23,25)/b7-3+. The first-order chi connectivity index (χ1) is 13.9. The van der Waals surface area contributed by atoms with Crippen LogP contribution in [0.1, 0.15) is 5.56 Å². The van der Waals surface area contributed by atoms with Crippen LogP contribution in [-0.2, 0) is 4.79 Å². The third-order valence-corrected chi connectivity index (χ3v) is 5.47. The Labute approximate surface area is 183 Å². The molecule has 0 fully saturated rings. The second kappa shape index (κ2) is 9.17. The molecular weight excluding hydrogens is 482 g/mol. The maximum Gasteiger partial charge on any atom is 0.288 e. The average Bonchev–Trinajstić information content (AvgIpc) is 3.15. The Balaban J connectivity index is 1.69. The van der Waals surface area contributed by atoms with Crippen molar-refractivity contribution in [3.63, 3.8) is 0 Å². The van der Waals surface area contributed by atoms with E-state index in [2.05, 4.69) is 26.2 Å². The van der Waals surface area contributed by atoms with Gasteiger partial charge in [-0.1, -0.05) is 17.7 Å². The molecule has 29 heavy (non-hydrogen) atoms. The Bertz CT molecular complexity index is 1120. The lowest BCUT2D eigenvalue weighted by Gasteiger charge is -2.04. The zero-order valence-corrected chi connectivity index (χ0v) is 18.0. The molecule has 0 aliphatic carbocycles. The van der Waals surface area contributed by atoms with E-state index in [1.807, 2.05) is 23.6 Å². The molecule has 0 unspecified atom stereocenters. The van der Waals surface area contributed by atoms with Crippen LogP contribution in [-0.4, -0.2) is 22.9 Å². The minimum Gasteiger partial charge on any atom is -0.496 e. The predicted molar refractivity (Wildman–Crippen MR) is 118 cm³/mol. The highest BCUT2D eigenvalue weighted by atomic mass is 79.9. The summed E-state index contributed by atoms with van der Waals surface area (Å²) in [5, 5.41) is 15.9. The number of anilines is 1. The maximum absolute atomic E-state index is 12.1. The number of benzene rings is 2. The SMILES string of the molecule is COc1ccc(-c2csc(NC(=O)/C=C/c3ccc(Cl)c([N+](=O)[O-])c3)n2)cc1Br. The molecule has 2 aromatic carbocycles. The van der Waals surface area contributed by atoms with Crippen LogP contribution in [0.25, 0.3) is 17.3 Å². The number of hydrogen-bond donors (Lipinski definition) is 1. The highest BCUT2D eigenvalue weighted by molar-refractivity contribution is 9.10. The van der Waals surface area contributed by atoms with E-state index in [1.54, 1.807) is 13.2 Å². The molecule has 0 aliphatic rings. The van der Waals surface area contributed by atoms with E-state index in [-0.39, 0.29) is 10.7 Å². The van der Waals surface area contributed by atoms with E-state index in [9.17, 15) is 14.9 Å². The molecule has 148 valence electrons.